The average molecular weight is 372 g/mol. The van der Waals surface area contributed by atoms with Crippen molar-refractivity contribution in [1.82, 2.24) is 8.61 Å². The molecule has 0 aromatic heterocycles. The monoisotopic (exact) mass is 371 g/mol. The molecule has 0 unspecified atom stereocenters. The van der Waals surface area contributed by atoms with Gasteiger partial charge in [-0.3, -0.25) is 0 Å². The summed E-state index contributed by atoms with van der Waals surface area (Å²) in [4.78, 5) is 0. The average Bonchev–Trinajstić information content (AvgIpc) is 3.13. The third-order valence-electron chi connectivity index (χ3n) is 5.69. The second kappa shape index (κ2) is 7.12. The fourth-order valence-corrected chi connectivity index (χ4v) is 5.85. The minimum atomic E-state index is -3.48. The van der Waals surface area contributed by atoms with Crippen molar-refractivity contribution in [2.24, 2.45) is 11.7 Å². The van der Waals surface area contributed by atoms with Crippen molar-refractivity contribution >= 4 is 10.2 Å². The van der Waals surface area contributed by atoms with E-state index in [2.05, 4.69) is 18.2 Å². The van der Waals surface area contributed by atoms with E-state index in [9.17, 15) is 8.42 Å². The van der Waals surface area contributed by atoms with E-state index in [1.807, 2.05) is 36.4 Å². The molecule has 2 aromatic carbocycles. The second-order valence-corrected chi connectivity index (χ2v) is 9.12. The van der Waals surface area contributed by atoms with E-state index in [-0.39, 0.29) is 11.8 Å². The van der Waals surface area contributed by atoms with Crippen LogP contribution >= 0.6 is 0 Å². The Hall–Kier alpha value is -1.73. The lowest BCUT2D eigenvalue weighted by atomic mass is 9.89. The summed E-state index contributed by atoms with van der Waals surface area (Å²) in [5, 5.41) is 0. The normalized spacial score (nSPS) is 24.5. The van der Waals surface area contributed by atoms with Crippen LogP contribution in [-0.2, 0) is 23.2 Å². The van der Waals surface area contributed by atoms with Gasteiger partial charge in [-0.05, 0) is 35.6 Å². The van der Waals surface area contributed by atoms with Crippen LogP contribution in [0.1, 0.15) is 22.6 Å². The summed E-state index contributed by atoms with van der Waals surface area (Å²) in [6.07, 6.45) is 0.770. The summed E-state index contributed by atoms with van der Waals surface area (Å²) in [6.45, 7) is 2.49. The lowest BCUT2D eigenvalue weighted by molar-refractivity contribution is 0.341. The molecule has 2 atom stereocenters. The first-order valence-electron chi connectivity index (χ1n) is 9.16. The molecule has 0 bridgehead atoms. The highest BCUT2D eigenvalue weighted by Gasteiger charge is 2.41. The van der Waals surface area contributed by atoms with E-state index in [0.717, 1.165) is 12.0 Å². The Morgan fingerprint density at radius 3 is 2.35 bits per heavy atom. The van der Waals surface area contributed by atoms with E-state index >= 15 is 0 Å². The van der Waals surface area contributed by atoms with Gasteiger partial charge in [-0.2, -0.15) is 17.0 Å². The first-order valence-corrected chi connectivity index (χ1v) is 10.6. The second-order valence-electron chi connectivity index (χ2n) is 7.19. The van der Waals surface area contributed by atoms with Crippen LogP contribution in [0.25, 0.3) is 0 Å². The molecule has 2 aliphatic heterocycles. The van der Waals surface area contributed by atoms with Crippen LogP contribution in [0.5, 0.6) is 0 Å². The van der Waals surface area contributed by atoms with E-state index < -0.39 is 10.2 Å². The zero-order valence-electron chi connectivity index (χ0n) is 14.8. The summed E-state index contributed by atoms with van der Waals surface area (Å²) in [5.41, 5.74) is 9.50. The predicted octanol–water partition coefficient (Wildman–Crippen LogP) is 1.96. The van der Waals surface area contributed by atoms with Crippen molar-refractivity contribution < 1.29 is 8.42 Å². The fraction of sp³-hybridized carbons (Fsp3) is 0.400. The van der Waals surface area contributed by atoms with Crippen LogP contribution in [0.15, 0.2) is 54.6 Å². The standard InChI is InChI=1S/C20H25N3O2S/c21-12-19-14-23(15-20(19)17-7-2-1-3-8-17)26(24,25)22-11-10-16-6-4-5-9-18(16)13-22/h1-9,19-20H,10-15,21H2/t19-,20+/m1/s1. The number of nitrogens with zero attached hydrogens (tertiary/aromatic N) is 2. The van der Waals surface area contributed by atoms with E-state index in [4.69, 9.17) is 5.73 Å². The van der Waals surface area contributed by atoms with Crippen LogP contribution in [0.3, 0.4) is 0 Å². The molecule has 0 saturated carbocycles. The number of rotatable bonds is 4. The fourth-order valence-electron chi connectivity index (χ4n) is 4.17. The molecule has 0 aliphatic carbocycles. The molecule has 5 nitrogen and oxygen atoms in total. The van der Waals surface area contributed by atoms with Gasteiger partial charge >= 0.3 is 0 Å². The highest BCUT2D eigenvalue weighted by Crippen LogP contribution is 2.35. The van der Waals surface area contributed by atoms with Crippen molar-refractivity contribution in [3.05, 3.63) is 71.3 Å². The minimum Gasteiger partial charge on any atom is -0.330 e. The number of hydrogen-bond acceptors (Lipinski definition) is 3. The Morgan fingerprint density at radius 1 is 0.923 bits per heavy atom. The van der Waals surface area contributed by atoms with Gasteiger partial charge in [0.25, 0.3) is 10.2 Å². The number of nitrogens with two attached hydrogens (primary N) is 1. The number of hydrogen-bond donors (Lipinski definition) is 1. The van der Waals surface area contributed by atoms with Crippen molar-refractivity contribution in [1.29, 1.82) is 0 Å². The van der Waals surface area contributed by atoms with Crippen molar-refractivity contribution in [3.63, 3.8) is 0 Å². The van der Waals surface area contributed by atoms with Crippen molar-refractivity contribution in [2.75, 3.05) is 26.2 Å². The maximum absolute atomic E-state index is 13.2. The molecule has 0 radical (unpaired) electrons. The lowest BCUT2D eigenvalue weighted by Gasteiger charge is -2.31. The van der Waals surface area contributed by atoms with Gasteiger partial charge in [0.1, 0.15) is 0 Å². The molecular weight excluding hydrogens is 346 g/mol. The molecule has 2 aliphatic rings. The zero-order valence-corrected chi connectivity index (χ0v) is 15.6. The highest BCUT2D eigenvalue weighted by molar-refractivity contribution is 7.86. The van der Waals surface area contributed by atoms with Gasteiger partial charge in [-0.1, -0.05) is 54.6 Å². The van der Waals surface area contributed by atoms with Crippen molar-refractivity contribution in [3.8, 4) is 0 Å². The van der Waals surface area contributed by atoms with Gasteiger partial charge in [0.15, 0.2) is 0 Å². The molecule has 2 heterocycles. The van der Waals surface area contributed by atoms with Crippen LogP contribution in [-0.4, -0.2) is 43.2 Å². The predicted molar refractivity (Wildman–Crippen MR) is 103 cm³/mol. The van der Waals surface area contributed by atoms with Crippen LogP contribution in [0.4, 0.5) is 0 Å². The quantitative estimate of drug-likeness (QED) is 0.893. The molecule has 2 N–H and O–H groups in total. The SMILES string of the molecule is NC[C@@H]1CN(S(=O)(=O)N2CCc3ccccc3C2)C[C@H]1c1ccccc1. The van der Waals surface area contributed by atoms with Gasteiger partial charge in [-0.15, -0.1) is 0 Å². The van der Waals surface area contributed by atoms with Gasteiger partial charge < -0.3 is 5.73 Å². The molecule has 1 saturated heterocycles. The zero-order chi connectivity index (χ0) is 18.1. The molecule has 2 aromatic rings. The Bertz CT molecular complexity index is 870. The van der Waals surface area contributed by atoms with Crippen LogP contribution < -0.4 is 5.73 Å². The smallest absolute Gasteiger partial charge is 0.282 e. The van der Waals surface area contributed by atoms with E-state index in [1.165, 1.54) is 11.1 Å². The highest BCUT2D eigenvalue weighted by atomic mass is 32.2. The third kappa shape index (κ3) is 3.18. The molecule has 1 fully saturated rings. The summed E-state index contributed by atoms with van der Waals surface area (Å²) in [7, 11) is -3.48. The Labute approximate surface area is 155 Å². The minimum absolute atomic E-state index is 0.157. The van der Waals surface area contributed by atoms with Gasteiger partial charge in [0.05, 0.1) is 0 Å². The van der Waals surface area contributed by atoms with E-state index in [0.29, 0.717) is 32.7 Å². The molecule has 4 rings (SSSR count). The first-order chi connectivity index (χ1) is 12.6. The summed E-state index contributed by atoms with van der Waals surface area (Å²) in [6, 6.07) is 18.2. The van der Waals surface area contributed by atoms with Crippen molar-refractivity contribution in [2.45, 2.75) is 18.9 Å². The lowest BCUT2D eigenvalue weighted by Crippen LogP contribution is -2.45. The van der Waals surface area contributed by atoms with E-state index in [1.54, 1.807) is 8.61 Å². The molecule has 0 spiro atoms. The van der Waals surface area contributed by atoms with Gasteiger partial charge in [-0.25, -0.2) is 0 Å². The Balaban J connectivity index is 1.55. The topological polar surface area (TPSA) is 66.6 Å². The molecular formula is C20H25N3O2S. The largest absolute Gasteiger partial charge is 0.330 e. The van der Waals surface area contributed by atoms with Crippen LogP contribution in [0, 0.1) is 5.92 Å². The molecule has 0 amide bonds. The van der Waals surface area contributed by atoms with Gasteiger partial charge in [0, 0.05) is 32.1 Å². The molecule has 138 valence electrons. The summed E-state index contributed by atoms with van der Waals surface area (Å²) < 4.78 is 29.8. The van der Waals surface area contributed by atoms with Gasteiger partial charge in [0.2, 0.25) is 0 Å². The number of fused-ring (bicyclic) bond motifs is 1. The first kappa shape index (κ1) is 17.7. The summed E-state index contributed by atoms with van der Waals surface area (Å²) in [5.74, 6) is 0.317. The third-order valence-corrected chi connectivity index (χ3v) is 7.60. The molecule has 26 heavy (non-hydrogen) atoms. The maximum Gasteiger partial charge on any atom is 0.282 e. The Morgan fingerprint density at radius 2 is 1.62 bits per heavy atom. The molecule has 6 heteroatoms. The maximum atomic E-state index is 13.2. The Kier molecular flexibility index (Phi) is 4.84. The van der Waals surface area contributed by atoms with Crippen LogP contribution in [0.2, 0.25) is 0 Å². The summed E-state index contributed by atoms with van der Waals surface area (Å²) >= 11 is 0. The number of benzene rings is 2.